The van der Waals surface area contributed by atoms with Crippen LogP contribution in [-0.2, 0) is 14.3 Å². The number of nitrogens with one attached hydrogen (secondary N) is 1. The number of nitrogens with zero attached hydrogens (tertiary/aromatic N) is 1. The number of hydrogen-bond donors (Lipinski definition) is 2. The Morgan fingerprint density at radius 3 is 2.58 bits per heavy atom. The number of ether oxygens (including phenoxy) is 1. The van der Waals surface area contributed by atoms with Crippen molar-refractivity contribution in [2.45, 2.75) is 44.2 Å². The maximum Gasteiger partial charge on any atom is 0.329 e. The second-order valence-corrected chi connectivity index (χ2v) is 5.83. The Balaban J connectivity index is 1.63. The van der Waals surface area contributed by atoms with E-state index in [9.17, 15) is 9.59 Å². The number of carboxylic acids is 1. The summed E-state index contributed by atoms with van der Waals surface area (Å²) in [5.41, 5.74) is -0.425. The molecule has 0 spiro atoms. The van der Waals surface area contributed by atoms with Crippen LogP contribution in [0.3, 0.4) is 0 Å². The van der Waals surface area contributed by atoms with Gasteiger partial charge in [0, 0.05) is 19.1 Å². The van der Waals surface area contributed by atoms with Crippen LogP contribution in [-0.4, -0.2) is 59.8 Å². The van der Waals surface area contributed by atoms with Gasteiger partial charge in [-0.05, 0) is 19.8 Å². The highest BCUT2D eigenvalue weighted by Crippen LogP contribution is 2.24. The molecule has 0 aromatic carbocycles. The third-order valence-corrected chi connectivity index (χ3v) is 3.75. The van der Waals surface area contributed by atoms with E-state index in [-0.39, 0.29) is 12.5 Å². The summed E-state index contributed by atoms with van der Waals surface area (Å²) < 4.78 is 5.30. The van der Waals surface area contributed by atoms with Gasteiger partial charge in [-0.2, -0.15) is 0 Å². The predicted molar refractivity (Wildman–Crippen MR) is 68.8 cm³/mol. The van der Waals surface area contributed by atoms with Crippen molar-refractivity contribution in [3.63, 3.8) is 0 Å². The first-order valence-electron chi connectivity index (χ1n) is 6.84. The molecule has 0 aromatic rings. The fourth-order valence-electron chi connectivity index (χ4n) is 2.89. The Hall–Kier alpha value is -1.14. The van der Waals surface area contributed by atoms with Gasteiger partial charge in [0.1, 0.15) is 6.61 Å². The zero-order valence-corrected chi connectivity index (χ0v) is 11.4. The topological polar surface area (TPSA) is 78.9 Å². The summed E-state index contributed by atoms with van der Waals surface area (Å²) in [5.74, 6) is -0.897. The molecule has 1 amide bonds. The van der Waals surface area contributed by atoms with E-state index in [1.54, 1.807) is 0 Å². The van der Waals surface area contributed by atoms with Gasteiger partial charge in [-0.1, -0.05) is 12.8 Å². The van der Waals surface area contributed by atoms with Gasteiger partial charge < -0.3 is 15.2 Å². The van der Waals surface area contributed by atoms with Crippen LogP contribution in [0.1, 0.15) is 32.6 Å². The van der Waals surface area contributed by atoms with Crippen LogP contribution in [0.15, 0.2) is 0 Å². The lowest BCUT2D eigenvalue weighted by atomic mass is 9.96. The normalized spacial score (nSPS) is 23.0. The largest absolute Gasteiger partial charge is 0.480 e. The van der Waals surface area contributed by atoms with E-state index in [2.05, 4.69) is 5.32 Å². The third kappa shape index (κ3) is 4.18. The van der Waals surface area contributed by atoms with Crippen LogP contribution in [0, 0.1) is 0 Å². The minimum absolute atomic E-state index is 0.0622. The Morgan fingerprint density at radius 1 is 1.37 bits per heavy atom. The lowest BCUT2D eigenvalue weighted by molar-refractivity contribution is -0.166. The molecule has 2 rings (SSSR count). The highest BCUT2D eigenvalue weighted by Gasteiger charge is 2.40. The Morgan fingerprint density at radius 2 is 2.00 bits per heavy atom. The molecular weight excluding hydrogens is 248 g/mol. The third-order valence-electron chi connectivity index (χ3n) is 3.75. The summed E-state index contributed by atoms with van der Waals surface area (Å²) in [4.78, 5) is 24.2. The van der Waals surface area contributed by atoms with Gasteiger partial charge in [0.05, 0.1) is 12.1 Å². The summed E-state index contributed by atoms with van der Waals surface area (Å²) in [6, 6.07) is 0.350. The van der Waals surface area contributed by atoms with E-state index in [0.29, 0.717) is 25.7 Å². The molecule has 2 aliphatic rings. The number of rotatable bonds is 6. The average molecular weight is 270 g/mol. The Kier molecular flexibility index (Phi) is 4.42. The molecule has 108 valence electrons. The molecule has 0 radical (unpaired) electrons. The maximum atomic E-state index is 11.8. The molecule has 0 aromatic heterocycles. The second kappa shape index (κ2) is 5.88. The molecule has 19 heavy (non-hydrogen) atoms. The summed E-state index contributed by atoms with van der Waals surface area (Å²) in [5, 5.41) is 11.6. The molecule has 1 aliphatic heterocycles. The van der Waals surface area contributed by atoms with Gasteiger partial charge in [-0.25, -0.2) is 4.79 Å². The van der Waals surface area contributed by atoms with Gasteiger partial charge in [-0.15, -0.1) is 0 Å². The zero-order valence-electron chi connectivity index (χ0n) is 11.4. The van der Waals surface area contributed by atoms with Crippen molar-refractivity contribution in [3.05, 3.63) is 0 Å². The molecule has 0 atom stereocenters. The highest BCUT2D eigenvalue weighted by molar-refractivity contribution is 5.78. The van der Waals surface area contributed by atoms with Gasteiger partial charge in [-0.3, -0.25) is 9.69 Å². The number of carboxylic acid groups (broad SMARTS) is 1. The molecule has 1 heterocycles. The minimum atomic E-state index is -0.960. The monoisotopic (exact) mass is 270 g/mol. The quantitative estimate of drug-likeness (QED) is 0.722. The van der Waals surface area contributed by atoms with E-state index < -0.39 is 11.6 Å². The molecule has 6 nitrogen and oxygen atoms in total. The van der Waals surface area contributed by atoms with Crippen molar-refractivity contribution in [3.8, 4) is 0 Å². The average Bonchev–Trinajstić information content (AvgIpc) is 2.77. The second-order valence-electron chi connectivity index (χ2n) is 5.83. The van der Waals surface area contributed by atoms with Crippen molar-refractivity contribution in [2.24, 2.45) is 0 Å². The molecule has 1 saturated heterocycles. The van der Waals surface area contributed by atoms with Gasteiger partial charge >= 0.3 is 5.97 Å². The minimum Gasteiger partial charge on any atom is -0.480 e. The number of carbonyl (C=O) groups excluding carboxylic acids is 1. The fourth-order valence-corrected chi connectivity index (χ4v) is 2.89. The standard InChI is InChI=1S/C13H22N2O4/c1-13(19-7-12(17)18)8-15(9-13)6-11(16)14-10-4-2-3-5-10/h10H,2-9H2,1H3,(H,14,16)(H,17,18). The first-order chi connectivity index (χ1) is 8.97. The lowest BCUT2D eigenvalue weighted by Crippen LogP contribution is -2.63. The molecular formula is C13H22N2O4. The molecule has 1 saturated carbocycles. The molecule has 2 fully saturated rings. The maximum absolute atomic E-state index is 11.8. The van der Waals surface area contributed by atoms with E-state index in [1.165, 1.54) is 12.8 Å². The van der Waals surface area contributed by atoms with Crippen LogP contribution in [0.25, 0.3) is 0 Å². The van der Waals surface area contributed by atoms with Crippen LogP contribution in [0.2, 0.25) is 0 Å². The summed E-state index contributed by atoms with van der Waals surface area (Å²) >= 11 is 0. The van der Waals surface area contributed by atoms with Gasteiger partial charge in [0.25, 0.3) is 0 Å². The SMILES string of the molecule is CC1(OCC(=O)O)CN(CC(=O)NC2CCCC2)C1. The molecule has 2 N–H and O–H groups in total. The van der Waals surface area contributed by atoms with Crippen molar-refractivity contribution in [1.29, 1.82) is 0 Å². The fraction of sp³-hybridized carbons (Fsp3) is 0.846. The van der Waals surface area contributed by atoms with Crippen LogP contribution in [0.5, 0.6) is 0 Å². The molecule has 0 unspecified atom stereocenters. The summed E-state index contributed by atoms with van der Waals surface area (Å²) in [7, 11) is 0. The van der Waals surface area contributed by atoms with Gasteiger partial charge in [0.15, 0.2) is 0 Å². The van der Waals surface area contributed by atoms with E-state index in [4.69, 9.17) is 9.84 Å². The lowest BCUT2D eigenvalue weighted by Gasteiger charge is -2.47. The summed E-state index contributed by atoms with van der Waals surface area (Å²) in [6.45, 7) is 3.19. The number of hydrogen-bond acceptors (Lipinski definition) is 4. The van der Waals surface area contributed by atoms with E-state index in [1.807, 2.05) is 11.8 Å². The number of carbonyl (C=O) groups is 2. The van der Waals surface area contributed by atoms with Gasteiger partial charge in [0.2, 0.25) is 5.91 Å². The number of aliphatic carboxylic acids is 1. The number of likely N-dealkylation sites (tertiary alicyclic amines) is 1. The van der Waals surface area contributed by atoms with Crippen LogP contribution >= 0.6 is 0 Å². The van der Waals surface area contributed by atoms with Crippen molar-refractivity contribution >= 4 is 11.9 Å². The van der Waals surface area contributed by atoms with E-state index >= 15 is 0 Å². The van der Waals surface area contributed by atoms with E-state index in [0.717, 1.165) is 12.8 Å². The first kappa shape index (κ1) is 14.3. The summed E-state index contributed by atoms with van der Waals surface area (Å²) in [6.07, 6.45) is 4.59. The molecule has 1 aliphatic carbocycles. The molecule has 6 heteroatoms. The first-order valence-corrected chi connectivity index (χ1v) is 6.84. The smallest absolute Gasteiger partial charge is 0.329 e. The predicted octanol–water partition coefficient (Wildman–Crippen LogP) is 0.221. The van der Waals surface area contributed by atoms with Crippen molar-refractivity contribution in [1.82, 2.24) is 10.2 Å². The number of amides is 1. The van der Waals surface area contributed by atoms with Crippen LogP contribution in [0.4, 0.5) is 0 Å². The Labute approximate surface area is 113 Å². The Bertz CT molecular complexity index is 347. The highest BCUT2D eigenvalue weighted by atomic mass is 16.5. The van der Waals surface area contributed by atoms with Crippen LogP contribution < -0.4 is 5.32 Å². The zero-order chi connectivity index (χ0) is 13.9. The molecule has 0 bridgehead atoms. The van der Waals surface area contributed by atoms with Crippen molar-refractivity contribution in [2.75, 3.05) is 26.2 Å². The van der Waals surface area contributed by atoms with Crippen molar-refractivity contribution < 1.29 is 19.4 Å².